The first-order valence-corrected chi connectivity index (χ1v) is 13.9. The van der Waals surface area contributed by atoms with Crippen molar-refractivity contribution in [3.05, 3.63) is 71.6 Å². The molecule has 2 fully saturated rings. The molecule has 4 heterocycles. The molecule has 1 aromatic carbocycles. The standard InChI is InChI=1S/C30H28ClN5O5/c31-20-8-13-24(32-16-20)34-30(39)28-27(26-23(41-28)12-11-22(33-26)18-4-2-1-3-5-18)35-29(38)19-6-9-21(10-7-19)36-14-15-40-17-25(36)37/h1-5,8,11-13,16,19,21H,6-7,9-10,14-15,17H2,(H,35,38)(H,32,34,39)/t19-,21-. The van der Waals surface area contributed by atoms with E-state index in [0.29, 0.717) is 47.8 Å². The smallest absolute Gasteiger partial charge is 0.294 e. The molecule has 3 amide bonds. The van der Waals surface area contributed by atoms with Crippen molar-refractivity contribution >= 4 is 51.9 Å². The molecule has 10 nitrogen and oxygen atoms in total. The summed E-state index contributed by atoms with van der Waals surface area (Å²) in [7, 11) is 0. The summed E-state index contributed by atoms with van der Waals surface area (Å²) in [4.78, 5) is 49.9. The van der Waals surface area contributed by atoms with Gasteiger partial charge in [-0.15, -0.1) is 0 Å². The maximum absolute atomic E-state index is 13.5. The second kappa shape index (κ2) is 11.7. The number of nitrogens with one attached hydrogen (secondary N) is 2. The summed E-state index contributed by atoms with van der Waals surface area (Å²) in [6.45, 7) is 1.23. The number of ether oxygens (including phenoxy) is 1. The van der Waals surface area contributed by atoms with Crippen molar-refractivity contribution in [3.63, 3.8) is 0 Å². The van der Waals surface area contributed by atoms with E-state index in [2.05, 4.69) is 15.6 Å². The maximum atomic E-state index is 13.5. The van der Waals surface area contributed by atoms with Gasteiger partial charge in [-0.2, -0.15) is 0 Å². The molecular weight excluding hydrogens is 546 g/mol. The number of fused-ring (bicyclic) bond motifs is 1. The number of carbonyl (C=O) groups excluding carboxylic acids is 3. The highest BCUT2D eigenvalue weighted by Crippen LogP contribution is 2.35. The van der Waals surface area contributed by atoms with Gasteiger partial charge in [-0.1, -0.05) is 41.9 Å². The van der Waals surface area contributed by atoms with E-state index >= 15 is 0 Å². The SMILES string of the molecule is O=C(Nc1ccc(Cl)cn1)c1oc2ccc(-c3ccccc3)nc2c1NC(=O)[C@H]1CC[C@H](N2CCOCC2=O)CC1. The minimum absolute atomic E-state index is 0.000134. The molecule has 0 bridgehead atoms. The number of hydrogen-bond donors (Lipinski definition) is 2. The normalized spacial score (nSPS) is 19.2. The van der Waals surface area contributed by atoms with Crippen molar-refractivity contribution in [1.29, 1.82) is 0 Å². The van der Waals surface area contributed by atoms with Crippen LogP contribution in [0.1, 0.15) is 36.2 Å². The van der Waals surface area contributed by atoms with Crippen LogP contribution >= 0.6 is 11.6 Å². The predicted molar refractivity (Wildman–Crippen MR) is 154 cm³/mol. The molecule has 11 heteroatoms. The first-order chi connectivity index (χ1) is 20.0. The zero-order valence-corrected chi connectivity index (χ0v) is 22.9. The lowest BCUT2D eigenvalue weighted by Crippen LogP contribution is -2.49. The zero-order valence-electron chi connectivity index (χ0n) is 22.1. The number of hydrogen-bond acceptors (Lipinski definition) is 7. The molecule has 4 aromatic rings. The first kappa shape index (κ1) is 26.9. The van der Waals surface area contributed by atoms with Gasteiger partial charge in [-0.05, 0) is 49.9 Å². The summed E-state index contributed by atoms with van der Waals surface area (Å²) in [5.41, 5.74) is 2.52. The van der Waals surface area contributed by atoms with E-state index in [1.54, 1.807) is 18.2 Å². The van der Waals surface area contributed by atoms with Crippen LogP contribution in [0, 0.1) is 5.92 Å². The van der Waals surface area contributed by atoms with Gasteiger partial charge in [0.15, 0.2) is 5.58 Å². The van der Waals surface area contributed by atoms with Gasteiger partial charge in [0.2, 0.25) is 17.6 Å². The number of aromatic nitrogens is 2. The Bertz CT molecular complexity index is 1580. The molecule has 210 valence electrons. The third-order valence-electron chi connectivity index (χ3n) is 7.56. The van der Waals surface area contributed by atoms with Crippen molar-refractivity contribution in [1.82, 2.24) is 14.9 Å². The summed E-state index contributed by atoms with van der Waals surface area (Å²) < 4.78 is 11.2. The van der Waals surface area contributed by atoms with Gasteiger partial charge >= 0.3 is 0 Å². The quantitative estimate of drug-likeness (QED) is 0.326. The number of rotatable bonds is 6. The Balaban J connectivity index is 1.26. The van der Waals surface area contributed by atoms with Crippen LogP contribution in [0.3, 0.4) is 0 Å². The Labute approximate surface area is 241 Å². The van der Waals surface area contributed by atoms with Gasteiger partial charge < -0.3 is 24.7 Å². The number of pyridine rings is 2. The highest BCUT2D eigenvalue weighted by Gasteiger charge is 2.34. The Morgan fingerprint density at radius 3 is 2.51 bits per heavy atom. The van der Waals surface area contributed by atoms with E-state index in [4.69, 9.17) is 25.7 Å². The fraction of sp³-hybridized carbons (Fsp3) is 0.300. The number of carbonyl (C=O) groups is 3. The molecular formula is C30H28ClN5O5. The monoisotopic (exact) mass is 573 g/mol. The Morgan fingerprint density at radius 2 is 1.78 bits per heavy atom. The van der Waals surface area contributed by atoms with Gasteiger partial charge in [0.1, 0.15) is 23.6 Å². The van der Waals surface area contributed by atoms with Crippen LogP contribution in [0.25, 0.3) is 22.4 Å². The molecule has 41 heavy (non-hydrogen) atoms. The molecule has 2 aliphatic rings. The second-order valence-electron chi connectivity index (χ2n) is 10.2. The molecule has 0 spiro atoms. The van der Waals surface area contributed by atoms with E-state index in [-0.39, 0.29) is 47.6 Å². The van der Waals surface area contributed by atoms with Crippen LogP contribution in [0.5, 0.6) is 0 Å². The molecule has 0 radical (unpaired) electrons. The van der Waals surface area contributed by atoms with Crippen LogP contribution in [0.15, 0.2) is 65.2 Å². The lowest BCUT2D eigenvalue weighted by atomic mass is 9.84. The summed E-state index contributed by atoms with van der Waals surface area (Å²) in [6.07, 6.45) is 4.11. The summed E-state index contributed by atoms with van der Waals surface area (Å²) >= 11 is 5.93. The lowest BCUT2D eigenvalue weighted by molar-refractivity contribution is -0.146. The molecule has 0 atom stereocenters. The van der Waals surface area contributed by atoms with Crippen molar-refractivity contribution in [2.24, 2.45) is 5.92 Å². The van der Waals surface area contributed by atoms with Crippen LogP contribution < -0.4 is 10.6 Å². The number of amides is 3. The molecule has 2 N–H and O–H groups in total. The molecule has 1 aliphatic carbocycles. The van der Waals surface area contributed by atoms with Gasteiger partial charge in [0.05, 0.1) is 17.3 Å². The number of benzene rings is 1. The van der Waals surface area contributed by atoms with E-state index < -0.39 is 5.91 Å². The Hall–Kier alpha value is -4.28. The fourth-order valence-corrected chi connectivity index (χ4v) is 5.55. The van der Waals surface area contributed by atoms with Crippen molar-refractivity contribution < 1.29 is 23.5 Å². The number of anilines is 2. The van der Waals surface area contributed by atoms with E-state index in [1.165, 1.54) is 6.20 Å². The summed E-state index contributed by atoms with van der Waals surface area (Å²) in [5, 5.41) is 6.10. The van der Waals surface area contributed by atoms with Gasteiger partial charge in [0, 0.05) is 30.3 Å². The molecule has 1 saturated carbocycles. The number of nitrogens with zero attached hydrogens (tertiary/aromatic N) is 3. The fourth-order valence-electron chi connectivity index (χ4n) is 5.44. The third-order valence-corrected chi connectivity index (χ3v) is 7.78. The minimum Gasteiger partial charge on any atom is -0.447 e. The van der Waals surface area contributed by atoms with Crippen molar-refractivity contribution in [3.8, 4) is 11.3 Å². The van der Waals surface area contributed by atoms with E-state index in [9.17, 15) is 14.4 Å². The minimum atomic E-state index is -0.580. The Kier molecular flexibility index (Phi) is 7.67. The van der Waals surface area contributed by atoms with Crippen LogP contribution in [0.4, 0.5) is 11.5 Å². The lowest BCUT2D eigenvalue weighted by Gasteiger charge is -2.38. The number of halogens is 1. The van der Waals surface area contributed by atoms with E-state index in [1.807, 2.05) is 41.3 Å². The van der Waals surface area contributed by atoms with Crippen LogP contribution in [0.2, 0.25) is 5.02 Å². The second-order valence-corrected chi connectivity index (χ2v) is 10.6. The molecule has 1 aliphatic heterocycles. The summed E-state index contributed by atoms with van der Waals surface area (Å²) in [6, 6.07) is 16.5. The number of morpholine rings is 1. The average Bonchev–Trinajstić information content (AvgIpc) is 3.36. The molecule has 0 unspecified atom stereocenters. The maximum Gasteiger partial charge on any atom is 0.294 e. The average molecular weight is 574 g/mol. The highest BCUT2D eigenvalue weighted by atomic mass is 35.5. The summed E-state index contributed by atoms with van der Waals surface area (Å²) in [5.74, 6) is -0.867. The van der Waals surface area contributed by atoms with E-state index in [0.717, 1.165) is 18.4 Å². The number of furan rings is 1. The molecule has 1 saturated heterocycles. The predicted octanol–water partition coefficient (Wildman–Crippen LogP) is 5.15. The Morgan fingerprint density at radius 1 is 0.976 bits per heavy atom. The molecule has 6 rings (SSSR count). The van der Waals surface area contributed by atoms with Gasteiger partial charge in [-0.25, -0.2) is 9.97 Å². The van der Waals surface area contributed by atoms with Crippen LogP contribution in [-0.2, 0) is 14.3 Å². The van der Waals surface area contributed by atoms with Crippen molar-refractivity contribution in [2.75, 3.05) is 30.4 Å². The highest BCUT2D eigenvalue weighted by molar-refractivity contribution is 6.30. The largest absolute Gasteiger partial charge is 0.447 e. The van der Waals surface area contributed by atoms with Gasteiger partial charge in [-0.3, -0.25) is 14.4 Å². The molecule has 3 aromatic heterocycles. The topological polar surface area (TPSA) is 127 Å². The zero-order chi connectivity index (χ0) is 28.3. The third kappa shape index (κ3) is 5.79. The first-order valence-electron chi connectivity index (χ1n) is 13.6. The van der Waals surface area contributed by atoms with Gasteiger partial charge in [0.25, 0.3) is 5.91 Å². The van der Waals surface area contributed by atoms with Crippen molar-refractivity contribution in [2.45, 2.75) is 31.7 Å². The van der Waals surface area contributed by atoms with Crippen LogP contribution in [-0.4, -0.2) is 58.4 Å².